The molecule has 10 heteroatoms. The molecule has 2 heterocycles. The molecule has 1 aliphatic heterocycles. The summed E-state index contributed by atoms with van der Waals surface area (Å²) < 4.78 is 17.6. The Morgan fingerprint density at radius 2 is 1.61 bits per heavy atom. The highest BCUT2D eigenvalue weighted by Crippen LogP contribution is 2.41. The van der Waals surface area contributed by atoms with Gasteiger partial charge >= 0.3 is 5.97 Å². The molecule has 3 aromatic rings. The van der Waals surface area contributed by atoms with Gasteiger partial charge in [-0.3, -0.25) is 14.4 Å². The molecule has 236 valence electrons. The minimum Gasteiger partial charge on any atom is -0.464 e. The van der Waals surface area contributed by atoms with Crippen LogP contribution >= 0.6 is 0 Å². The topological polar surface area (TPSA) is 113 Å². The number of fused-ring (bicyclic) bond motifs is 5. The molecule has 0 spiro atoms. The maximum atomic E-state index is 13.7. The predicted octanol–water partition coefficient (Wildman–Crippen LogP) is 5.76. The number of hydrogen-bond acceptors (Lipinski definition) is 8. The van der Waals surface area contributed by atoms with Gasteiger partial charge in [-0.25, -0.2) is 4.68 Å². The van der Waals surface area contributed by atoms with Gasteiger partial charge in [-0.15, -0.1) is 5.10 Å². The van der Waals surface area contributed by atoms with Crippen LogP contribution in [-0.2, 0) is 41.7 Å². The van der Waals surface area contributed by atoms with Crippen molar-refractivity contribution in [2.75, 3.05) is 38.4 Å². The van der Waals surface area contributed by atoms with Crippen LogP contribution in [0.5, 0.6) is 0 Å². The Hall–Kier alpha value is -3.89. The number of hydrogen-bond donors (Lipinski definition) is 0. The third kappa shape index (κ3) is 9.06. The Balaban J connectivity index is 1.49. The number of amides is 1. The number of benzene rings is 2. The number of rotatable bonds is 18. The second-order valence-electron chi connectivity index (χ2n) is 10.9. The van der Waals surface area contributed by atoms with Crippen molar-refractivity contribution in [3.05, 3.63) is 54.1 Å². The molecule has 0 bridgehead atoms. The first-order valence-corrected chi connectivity index (χ1v) is 15.7. The third-order valence-electron chi connectivity index (χ3n) is 7.69. The van der Waals surface area contributed by atoms with Crippen LogP contribution in [-0.4, -0.2) is 66.2 Å². The number of para-hydroxylation sites is 1. The number of unbranched alkanes of at least 4 members (excludes halogenated alkanes) is 3. The molecule has 0 saturated heterocycles. The van der Waals surface area contributed by atoms with Crippen LogP contribution in [0.2, 0.25) is 0 Å². The molecular formula is C34H44N4O6. The number of methoxy groups -OCH3 is 1. The number of carbonyl (C=O) groups is 3. The van der Waals surface area contributed by atoms with Crippen LogP contribution in [0, 0.1) is 0 Å². The number of esters is 1. The van der Waals surface area contributed by atoms with Crippen molar-refractivity contribution in [2.24, 2.45) is 0 Å². The van der Waals surface area contributed by atoms with Gasteiger partial charge in [0.05, 0.1) is 44.3 Å². The summed E-state index contributed by atoms with van der Waals surface area (Å²) in [4.78, 5) is 40.2. The van der Waals surface area contributed by atoms with Crippen LogP contribution < -0.4 is 4.90 Å². The van der Waals surface area contributed by atoms with E-state index in [1.165, 1.54) is 0 Å². The van der Waals surface area contributed by atoms with Crippen LogP contribution in [0.1, 0.15) is 70.3 Å². The molecular weight excluding hydrogens is 560 g/mol. The first-order valence-electron chi connectivity index (χ1n) is 15.7. The molecule has 0 saturated carbocycles. The maximum Gasteiger partial charge on any atom is 0.305 e. The second kappa shape index (κ2) is 17.4. The zero-order valence-electron chi connectivity index (χ0n) is 26.0. The van der Waals surface area contributed by atoms with Gasteiger partial charge in [-0.2, -0.15) is 0 Å². The van der Waals surface area contributed by atoms with E-state index in [9.17, 15) is 14.4 Å². The molecule has 1 aromatic heterocycles. The van der Waals surface area contributed by atoms with E-state index in [2.05, 4.69) is 17.2 Å². The second-order valence-corrected chi connectivity index (χ2v) is 10.9. The monoisotopic (exact) mass is 604 g/mol. The zero-order chi connectivity index (χ0) is 31.1. The van der Waals surface area contributed by atoms with Gasteiger partial charge in [0.1, 0.15) is 18.1 Å². The quantitative estimate of drug-likeness (QED) is 0.133. The summed E-state index contributed by atoms with van der Waals surface area (Å²) in [6.07, 6.45) is 5.85. The van der Waals surface area contributed by atoms with E-state index in [1.54, 1.807) is 16.7 Å². The Bertz CT molecular complexity index is 1390. The predicted molar refractivity (Wildman–Crippen MR) is 168 cm³/mol. The Morgan fingerprint density at radius 3 is 2.43 bits per heavy atom. The number of aromatic nitrogens is 3. The third-order valence-corrected chi connectivity index (χ3v) is 7.69. The highest BCUT2D eigenvalue weighted by atomic mass is 16.5. The molecule has 0 unspecified atom stereocenters. The van der Waals surface area contributed by atoms with E-state index in [-0.39, 0.29) is 30.7 Å². The Labute approximate surface area is 259 Å². The molecule has 4 rings (SSSR count). The van der Waals surface area contributed by atoms with Crippen molar-refractivity contribution in [2.45, 2.75) is 77.8 Å². The van der Waals surface area contributed by atoms with Gasteiger partial charge in [0.25, 0.3) is 0 Å². The summed E-state index contributed by atoms with van der Waals surface area (Å²) in [6, 6.07) is 15.6. The summed E-state index contributed by atoms with van der Waals surface area (Å²) in [5, 5.41) is 9.02. The number of Topliss-reactive ketones (excluding diaryl/α,β-unsaturated/α-hetero) is 1. The van der Waals surface area contributed by atoms with Crippen molar-refractivity contribution in [3.8, 4) is 22.5 Å². The van der Waals surface area contributed by atoms with Crippen LogP contribution in [0.4, 0.5) is 5.69 Å². The van der Waals surface area contributed by atoms with E-state index >= 15 is 0 Å². The van der Waals surface area contributed by atoms with Gasteiger partial charge in [0, 0.05) is 43.9 Å². The van der Waals surface area contributed by atoms with Crippen molar-refractivity contribution < 1.29 is 28.6 Å². The van der Waals surface area contributed by atoms with Crippen LogP contribution in [0.15, 0.2) is 48.5 Å². The average molecular weight is 605 g/mol. The average Bonchev–Trinajstić information content (AvgIpc) is 3.44. The lowest BCUT2D eigenvalue weighted by Gasteiger charge is -2.29. The van der Waals surface area contributed by atoms with Crippen LogP contribution in [0.3, 0.4) is 0 Å². The summed E-state index contributed by atoms with van der Waals surface area (Å²) in [5.74, 6) is -0.186. The van der Waals surface area contributed by atoms with E-state index in [4.69, 9.17) is 14.2 Å². The highest BCUT2D eigenvalue weighted by molar-refractivity contribution is 6.00. The number of nitrogens with zero attached hydrogens (tertiary/aromatic N) is 4. The molecule has 44 heavy (non-hydrogen) atoms. The number of ketones is 1. The molecule has 0 radical (unpaired) electrons. The van der Waals surface area contributed by atoms with E-state index < -0.39 is 0 Å². The molecule has 10 nitrogen and oxygen atoms in total. The van der Waals surface area contributed by atoms with Crippen molar-refractivity contribution in [1.29, 1.82) is 0 Å². The minimum absolute atomic E-state index is 0.0594. The molecule has 0 atom stereocenters. The molecule has 1 aliphatic rings. The van der Waals surface area contributed by atoms with E-state index in [0.717, 1.165) is 59.4 Å². The van der Waals surface area contributed by atoms with Crippen molar-refractivity contribution >= 4 is 23.3 Å². The largest absolute Gasteiger partial charge is 0.464 e. The molecule has 0 aliphatic carbocycles. The number of carbonyl (C=O) groups excluding carboxylic acids is 3. The standard InChI is InChI=1S/C34H44N4O6/c1-3-4-5-6-18-32(41)44-22-20-38-34-29-15-9-10-16-30(29)37(25-26-12-7-8-14-28(26)33(34)35-36-38)31(40)17-11-13-27(39)19-21-43-24-23-42-2/h7-10,12,14-16H,3-6,11,13,17-25H2,1-2H3. The van der Waals surface area contributed by atoms with E-state index in [1.807, 2.05) is 48.5 Å². The fraction of sp³-hybridized carbons (Fsp3) is 0.500. The minimum atomic E-state index is -0.205. The van der Waals surface area contributed by atoms with Gasteiger partial charge in [0.15, 0.2) is 0 Å². The number of anilines is 1. The summed E-state index contributed by atoms with van der Waals surface area (Å²) in [5.41, 5.74) is 4.93. The normalized spacial score (nSPS) is 12.1. The van der Waals surface area contributed by atoms with Gasteiger partial charge in [-0.05, 0) is 24.5 Å². The first kappa shape index (κ1) is 33.0. The van der Waals surface area contributed by atoms with E-state index in [0.29, 0.717) is 58.6 Å². The molecule has 0 N–H and O–H groups in total. The SMILES string of the molecule is CCCCCCC(=O)OCCn1nnc2c1-c1ccccc1N(C(=O)CCCC(=O)CCOCCOC)Cc1ccccc1-2. The fourth-order valence-corrected chi connectivity index (χ4v) is 5.34. The number of ether oxygens (including phenoxy) is 3. The first-order chi connectivity index (χ1) is 21.5. The summed E-state index contributed by atoms with van der Waals surface area (Å²) >= 11 is 0. The van der Waals surface area contributed by atoms with Gasteiger partial charge in [0.2, 0.25) is 5.91 Å². The lowest BCUT2D eigenvalue weighted by atomic mass is 9.95. The lowest BCUT2D eigenvalue weighted by Crippen LogP contribution is -2.31. The molecule has 1 amide bonds. The van der Waals surface area contributed by atoms with Gasteiger partial charge in [-0.1, -0.05) is 73.9 Å². The molecule has 0 fully saturated rings. The fourth-order valence-electron chi connectivity index (χ4n) is 5.34. The van der Waals surface area contributed by atoms with Crippen molar-refractivity contribution in [1.82, 2.24) is 15.0 Å². The summed E-state index contributed by atoms with van der Waals surface area (Å²) in [7, 11) is 1.61. The highest BCUT2D eigenvalue weighted by Gasteiger charge is 2.29. The van der Waals surface area contributed by atoms with Crippen LogP contribution in [0.25, 0.3) is 22.5 Å². The van der Waals surface area contributed by atoms with Crippen molar-refractivity contribution in [3.63, 3.8) is 0 Å². The zero-order valence-corrected chi connectivity index (χ0v) is 26.0. The summed E-state index contributed by atoms with van der Waals surface area (Å²) in [6.45, 7) is 4.34. The smallest absolute Gasteiger partial charge is 0.305 e. The Kier molecular flexibility index (Phi) is 13.1. The maximum absolute atomic E-state index is 13.7. The molecule has 2 aromatic carbocycles. The lowest BCUT2D eigenvalue weighted by molar-refractivity contribution is -0.144. The van der Waals surface area contributed by atoms with Gasteiger partial charge < -0.3 is 19.1 Å². The Morgan fingerprint density at radius 1 is 0.818 bits per heavy atom.